The number of carbonyl (C=O) groups is 2. The van der Waals surface area contributed by atoms with Crippen molar-refractivity contribution < 1.29 is 23.1 Å². The van der Waals surface area contributed by atoms with Gasteiger partial charge in [0, 0.05) is 18.0 Å². The van der Waals surface area contributed by atoms with Gasteiger partial charge in [0.2, 0.25) is 5.91 Å². The molecule has 5 nitrogen and oxygen atoms in total. The number of amides is 2. The molecule has 1 saturated carbocycles. The highest BCUT2D eigenvalue weighted by molar-refractivity contribution is 5.85. The Morgan fingerprint density at radius 1 is 1.24 bits per heavy atom. The van der Waals surface area contributed by atoms with Crippen molar-refractivity contribution in [3.63, 3.8) is 0 Å². The molecule has 7 heteroatoms. The zero-order valence-electron chi connectivity index (χ0n) is 14.5. The Balaban J connectivity index is 1.91. The predicted molar refractivity (Wildman–Crippen MR) is 86.7 cm³/mol. The Labute approximate surface area is 145 Å². The van der Waals surface area contributed by atoms with Crippen LogP contribution in [0.1, 0.15) is 39.2 Å². The van der Waals surface area contributed by atoms with Crippen LogP contribution in [0.25, 0.3) is 0 Å². The fourth-order valence-corrected chi connectivity index (χ4v) is 3.76. The summed E-state index contributed by atoms with van der Waals surface area (Å²) in [4.78, 5) is 25.7. The minimum Gasteiger partial charge on any atom is -0.444 e. The molecule has 136 valence electrons. The fourth-order valence-electron chi connectivity index (χ4n) is 3.76. The third kappa shape index (κ3) is 3.32. The molecule has 0 bridgehead atoms. The largest absolute Gasteiger partial charge is 0.444 e. The fraction of sp³-hybridized carbons (Fsp3) is 0.556. The molecule has 25 heavy (non-hydrogen) atoms. The molecule has 1 aromatic carbocycles. The summed E-state index contributed by atoms with van der Waals surface area (Å²) in [5.74, 6) is -1.85. The molecule has 3 rings (SSSR count). The van der Waals surface area contributed by atoms with Crippen molar-refractivity contribution in [2.45, 2.75) is 50.7 Å². The van der Waals surface area contributed by atoms with Gasteiger partial charge in [-0.15, -0.1) is 0 Å². The first kappa shape index (κ1) is 17.6. The number of fused-ring (bicyclic) bond motifs is 1. The summed E-state index contributed by atoms with van der Waals surface area (Å²) in [7, 11) is 0. The van der Waals surface area contributed by atoms with E-state index in [1.54, 1.807) is 20.8 Å². The van der Waals surface area contributed by atoms with Gasteiger partial charge in [-0.25, -0.2) is 13.6 Å². The third-order valence-corrected chi connectivity index (χ3v) is 4.96. The average Bonchev–Trinajstić information content (AvgIpc) is 3.17. The van der Waals surface area contributed by atoms with Crippen LogP contribution in [0.4, 0.5) is 13.6 Å². The van der Waals surface area contributed by atoms with Gasteiger partial charge in [-0.1, -0.05) is 0 Å². The number of likely N-dealkylation sites (tertiary alicyclic amines) is 1. The number of ether oxygens (including phenoxy) is 1. The van der Waals surface area contributed by atoms with Crippen molar-refractivity contribution in [2.75, 3.05) is 6.54 Å². The summed E-state index contributed by atoms with van der Waals surface area (Å²) in [6.07, 6.45) is 0.379. The van der Waals surface area contributed by atoms with Gasteiger partial charge in [-0.2, -0.15) is 0 Å². The quantitative estimate of drug-likeness (QED) is 0.889. The number of carbonyl (C=O) groups excluding carboxylic acids is 2. The topological polar surface area (TPSA) is 72.6 Å². The SMILES string of the molecule is CC(C)(C)OC(=O)N1C[C@@]2(c3cc(F)cc(F)c3)CC2CC1C(N)=O. The molecule has 1 aromatic rings. The molecule has 1 saturated heterocycles. The van der Waals surface area contributed by atoms with Crippen LogP contribution < -0.4 is 5.73 Å². The molecule has 1 aliphatic carbocycles. The number of hydrogen-bond donors (Lipinski definition) is 1. The standard InChI is InChI=1S/C18H22F2N2O3/c1-17(2,3)25-16(24)22-9-18(8-11(18)6-14(22)15(21)23)10-4-12(19)7-13(20)5-10/h4-5,7,11,14H,6,8-9H2,1-3H3,(H2,21,23)/t11?,14?,18-/m1/s1. The van der Waals surface area contributed by atoms with E-state index < -0.39 is 40.7 Å². The van der Waals surface area contributed by atoms with E-state index in [1.807, 2.05) is 0 Å². The molecule has 0 spiro atoms. The van der Waals surface area contributed by atoms with Crippen LogP contribution in [0.15, 0.2) is 18.2 Å². The lowest BCUT2D eigenvalue weighted by Crippen LogP contribution is -2.55. The second-order valence-corrected chi connectivity index (χ2v) is 7.98. The van der Waals surface area contributed by atoms with Gasteiger partial charge in [0.25, 0.3) is 0 Å². The van der Waals surface area contributed by atoms with Crippen LogP contribution in [0.3, 0.4) is 0 Å². The average molecular weight is 352 g/mol. The molecule has 3 atom stereocenters. The Bertz CT molecular complexity index is 711. The number of primary amides is 1. The number of hydrogen-bond acceptors (Lipinski definition) is 3. The van der Waals surface area contributed by atoms with E-state index >= 15 is 0 Å². The summed E-state index contributed by atoms with van der Waals surface area (Å²) in [5, 5.41) is 0. The van der Waals surface area contributed by atoms with Crippen LogP contribution in [-0.2, 0) is 14.9 Å². The molecule has 2 amide bonds. The van der Waals surface area contributed by atoms with E-state index in [1.165, 1.54) is 17.0 Å². The molecule has 1 heterocycles. The van der Waals surface area contributed by atoms with Crippen molar-refractivity contribution in [3.8, 4) is 0 Å². The minimum atomic E-state index is -0.770. The summed E-state index contributed by atoms with van der Waals surface area (Å²) >= 11 is 0. The first-order valence-electron chi connectivity index (χ1n) is 8.27. The number of piperidine rings is 1. The molecular weight excluding hydrogens is 330 g/mol. The number of benzene rings is 1. The first-order valence-corrected chi connectivity index (χ1v) is 8.27. The maximum Gasteiger partial charge on any atom is 0.411 e. The van der Waals surface area contributed by atoms with Gasteiger partial charge in [-0.3, -0.25) is 9.69 Å². The number of nitrogens with two attached hydrogens (primary N) is 1. The molecule has 2 aliphatic rings. The normalized spacial score (nSPS) is 28.3. The molecule has 0 radical (unpaired) electrons. The Hall–Kier alpha value is -2.18. The highest BCUT2D eigenvalue weighted by Crippen LogP contribution is 2.60. The van der Waals surface area contributed by atoms with E-state index in [4.69, 9.17) is 10.5 Å². The molecule has 2 unspecified atom stereocenters. The summed E-state index contributed by atoms with van der Waals surface area (Å²) in [6, 6.07) is 2.63. The van der Waals surface area contributed by atoms with E-state index in [-0.39, 0.29) is 12.5 Å². The van der Waals surface area contributed by atoms with Gasteiger partial charge in [0.1, 0.15) is 23.3 Å². The Morgan fingerprint density at radius 2 is 1.84 bits per heavy atom. The molecule has 1 aliphatic heterocycles. The smallest absolute Gasteiger partial charge is 0.411 e. The second-order valence-electron chi connectivity index (χ2n) is 7.98. The molecule has 0 aromatic heterocycles. The van der Waals surface area contributed by atoms with E-state index in [0.29, 0.717) is 18.4 Å². The highest BCUT2D eigenvalue weighted by atomic mass is 19.1. The highest BCUT2D eigenvalue weighted by Gasteiger charge is 2.62. The van der Waals surface area contributed by atoms with Crippen molar-refractivity contribution in [1.29, 1.82) is 0 Å². The Kier molecular flexibility index (Phi) is 4.00. The zero-order chi connectivity index (χ0) is 18.6. The predicted octanol–water partition coefficient (Wildman–Crippen LogP) is 2.72. The summed E-state index contributed by atoms with van der Waals surface area (Å²) < 4.78 is 32.7. The lowest BCUT2D eigenvalue weighted by molar-refractivity contribution is -0.124. The minimum absolute atomic E-state index is 0.0601. The lowest BCUT2D eigenvalue weighted by Gasteiger charge is -2.38. The van der Waals surface area contributed by atoms with Gasteiger partial charge < -0.3 is 10.5 Å². The molecule has 2 fully saturated rings. The molecule has 2 N–H and O–H groups in total. The van der Waals surface area contributed by atoms with Crippen LogP contribution >= 0.6 is 0 Å². The zero-order valence-corrected chi connectivity index (χ0v) is 14.5. The van der Waals surface area contributed by atoms with Crippen LogP contribution in [0.5, 0.6) is 0 Å². The first-order chi connectivity index (χ1) is 11.5. The van der Waals surface area contributed by atoms with E-state index in [2.05, 4.69) is 0 Å². The molecular formula is C18H22F2N2O3. The van der Waals surface area contributed by atoms with Gasteiger partial charge in [-0.05, 0) is 57.2 Å². The lowest BCUT2D eigenvalue weighted by atomic mass is 9.86. The van der Waals surface area contributed by atoms with E-state index in [9.17, 15) is 18.4 Å². The van der Waals surface area contributed by atoms with Crippen LogP contribution in [0.2, 0.25) is 0 Å². The Morgan fingerprint density at radius 3 is 2.36 bits per heavy atom. The van der Waals surface area contributed by atoms with E-state index in [0.717, 1.165) is 6.07 Å². The monoisotopic (exact) mass is 352 g/mol. The van der Waals surface area contributed by atoms with Crippen LogP contribution in [0, 0.1) is 17.6 Å². The maximum absolute atomic E-state index is 13.6. The number of nitrogens with zero attached hydrogens (tertiary/aromatic N) is 1. The van der Waals surface area contributed by atoms with Gasteiger partial charge in [0.15, 0.2) is 0 Å². The third-order valence-electron chi connectivity index (χ3n) is 4.96. The van der Waals surface area contributed by atoms with Gasteiger partial charge >= 0.3 is 6.09 Å². The van der Waals surface area contributed by atoms with Crippen molar-refractivity contribution in [1.82, 2.24) is 4.90 Å². The van der Waals surface area contributed by atoms with Crippen LogP contribution in [-0.4, -0.2) is 35.1 Å². The van der Waals surface area contributed by atoms with Gasteiger partial charge in [0.05, 0.1) is 0 Å². The van der Waals surface area contributed by atoms with Crippen molar-refractivity contribution >= 4 is 12.0 Å². The number of halogens is 2. The summed E-state index contributed by atoms with van der Waals surface area (Å²) in [5.41, 5.74) is 4.69. The maximum atomic E-state index is 13.6. The van der Waals surface area contributed by atoms with Crippen molar-refractivity contribution in [3.05, 3.63) is 35.4 Å². The second kappa shape index (κ2) is 5.68. The summed E-state index contributed by atoms with van der Waals surface area (Å²) in [6.45, 7) is 5.34. The van der Waals surface area contributed by atoms with Crippen molar-refractivity contribution in [2.24, 2.45) is 11.7 Å². The number of rotatable bonds is 2.